The van der Waals surface area contributed by atoms with Crippen molar-refractivity contribution in [1.82, 2.24) is 5.32 Å². The van der Waals surface area contributed by atoms with Gasteiger partial charge in [-0.05, 0) is 31.0 Å². The average molecular weight is 349 g/mol. The third-order valence-electron chi connectivity index (χ3n) is 3.62. The summed E-state index contributed by atoms with van der Waals surface area (Å²) in [5.74, 6) is -0.531. The zero-order chi connectivity index (χ0) is 13.9. The summed E-state index contributed by atoms with van der Waals surface area (Å²) >= 11 is 9.19. The lowest BCUT2D eigenvalue weighted by Gasteiger charge is -2.36. The van der Waals surface area contributed by atoms with E-state index in [9.17, 15) is 9.18 Å². The Bertz CT molecular complexity index is 475. The number of carbonyl (C=O) groups excluding carboxylic acids is 1. The highest BCUT2D eigenvalue weighted by molar-refractivity contribution is 9.10. The van der Waals surface area contributed by atoms with Gasteiger partial charge in [0.15, 0.2) is 0 Å². The van der Waals surface area contributed by atoms with E-state index in [0.717, 1.165) is 25.7 Å². The van der Waals surface area contributed by atoms with Gasteiger partial charge in [0.2, 0.25) is 0 Å². The number of hydrogen-bond acceptors (Lipinski definition) is 1. The van der Waals surface area contributed by atoms with Gasteiger partial charge < -0.3 is 5.32 Å². The second-order valence-corrected chi connectivity index (χ2v) is 6.24. The summed E-state index contributed by atoms with van der Waals surface area (Å²) in [7, 11) is 0. The molecule has 0 bridgehead atoms. The van der Waals surface area contributed by atoms with Crippen molar-refractivity contribution in [2.45, 2.75) is 37.6 Å². The fourth-order valence-electron chi connectivity index (χ4n) is 2.50. The zero-order valence-electron chi connectivity index (χ0n) is 10.5. The number of nitrogens with one attached hydrogen (secondary N) is 1. The molecule has 1 aromatic rings. The maximum atomic E-state index is 13.8. The van der Waals surface area contributed by atoms with E-state index in [-0.39, 0.29) is 17.0 Å². The summed E-state index contributed by atoms with van der Waals surface area (Å²) in [4.78, 5) is 12.2. The molecule has 5 heteroatoms. The van der Waals surface area contributed by atoms with Crippen LogP contribution in [0.15, 0.2) is 22.7 Å². The number of alkyl halides is 1. The number of hydrogen-bond donors (Lipinski definition) is 1. The van der Waals surface area contributed by atoms with Gasteiger partial charge >= 0.3 is 0 Å². The third-order valence-corrected chi connectivity index (χ3v) is 4.63. The maximum Gasteiger partial charge on any atom is 0.254 e. The Morgan fingerprint density at radius 2 is 2.05 bits per heavy atom. The molecule has 2 rings (SSSR count). The molecule has 0 heterocycles. The summed E-state index contributed by atoms with van der Waals surface area (Å²) in [5.41, 5.74) is -0.311. The van der Waals surface area contributed by atoms with Gasteiger partial charge in [0.1, 0.15) is 5.82 Å². The first kappa shape index (κ1) is 14.8. The van der Waals surface area contributed by atoms with Crippen molar-refractivity contribution in [3.8, 4) is 0 Å². The van der Waals surface area contributed by atoms with E-state index in [1.165, 1.54) is 18.6 Å². The number of amides is 1. The molecule has 1 amide bonds. The summed E-state index contributed by atoms with van der Waals surface area (Å²) < 4.78 is 14.4. The lowest BCUT2D eigenvalue weighted by atomic mass is 9.83. The van der Waals surface area contributed by atoms with Gasteiger partial charge in [0.25, 0.3) is 5.91 Å². The summed E-state index contributed by atoms with van der Waals surface area (Å²) in [6.45, 7) is 0. The van der Waals surface area contributed by atoms with Crippen LogP contribution in [0.25, 0.3) is 0 Å². The highest BCUT2D eigenvalue weighted by Crippen LogP contribution is 2.30. The van der Waals surface area contributed by atoms with Crippen molar-refractivity contribution >= 4 is 33.4 Å². The SMILES string of the molecule is O=C(NC1(CCl)CCCCC1)c1ccc(Br)cc1F. The summed E-state index contributed by atoms with van der Waals surface area (Å²) in [5, 5.41) is 2.93. The Morgan fingerprint density at radius 1 is 1.37 bits per heavy atom. The van der Waals surface area contributed by atoms with Crippen LogP contribution in [0.2, 0.25) is 0 Å². The van der Waals surface area contributed by atoms with Gasteiger partial charge in [-0.15, -0.1) is 11.6 Å². The molecule has 0 aliphatic heterocycles. The predicted octanol–water partition coefficient (Wildman–Crippen LogP) is 4.26. The number of carbonyl (C=O) groups is 1. The van der Waals surface area contributed by atoms with Gasteiger partial charge in [0, 0.05) is 10.4 Å². The fraction of sp³-hybridized carbons (Fsp3) is 0.500. The van der Waals surface area contributed by atoms with Gasteiger partial charge in [0.05, 0.1) is 11.1 Å². The van der Waals surface area contributed by atoms with Crippen molar-refractivity contribution in [2.75, 3.05) is 5.88 Å². The van der Waals surface area contributed by atoms with Crippen LogP contribution in [0.3, 0.4) is 0 Å². The molecular weight excluding hydrogens is 333 g/mol. The van der Waals surface area contributed by atoms with Crippen LogP contribution in [0, 0.1) is 5.82 Å². The van der Waals surface area contributed by atoms with E-state index in [1.54, 1.807) is 6.07 Å². The number of benzene rings is 1. The van der Waals surface area contributed by atoms with Crippen LogP contribution in [0.4, 0.5) is 4.39 Å². The number of halogens is 3. The molecule has 1 saturated carbocycles. The van der Waals surface area contributed by atoms with E-state index >= 15 is 0 Å². The Labute approximate surface area is 125 Å². The third kappa shape index (κ3) is 3.48. The van der Waals surface area contributed by atoms with Crippen molar-refractivity contribution in [2.24, 2.45) is 0 Å². The molecule has 1 aliphatic carbocycles. The molecule has 19 heavy (non-hydrogen) atoms. The standard InChI is InChI=1S/C14H16BrClFNO/c15-10-4-5-11(12(17)8-10)13(19)18-14(9-16)6-2-1-3-7-14/h4-5,8H,1-3,6-7,9H2,(H,18,19). The minimum atomic E-state index is -0.521. The maximum absolute atomic E-state index is 13.8. The molecule has 1 fully saturated rings. The minimum absolute atomic E-state index is 0.0678. The molecule has 2 nitrogen and oxygen atoms in total. The van der Waals surface area contributed by atoms with E-state index < -0.39 is 5.82 Å². The summed E-state index contributed by atoms with van der Waals surface area (Å²) in [6, 6.07) is 4.44. The predicted molar refractivity (Wildman–Crippen MR) is 78.1 cm³/mol. The Morgan fingerprint density at radius 3 is 2.63 bits per heavy atom. The largest absolute Gasteiger partial charge is 0.345 e. The van der Waals surface area contributed by atoms with Gasteiger partial charge in [-0.2, -0.15) is 0 Å². The van der Waals surface area contributed by atoms with Crippen LogP contribution < -0.4 is 5.32 Å². The first-order valence-electron chi connectivity index (χ1n) is 6.40. The quantitative estimate of drug-likeness (QED) is 0.813. The molecule has 1 aromatic carbocycles. The smallest absolute Gasteiger partial charge is 0.254 e. The van der Waals surface area contributed by atoms with Gasteiger partial charge in [-0.1, -0.05) is 35.2 Å². The molecule has 0 spiro atoms. The van der Waals surface area contributed by atoms with E-state index in [4.69, 9.17) is 11.6 Å². The van der Waals surface area contributed by atoms with Crippen molar-refractivity contribution in [3.05, 3.63) is 34.1 Å². The second kappa shape index (κ2) is 6.23. The van der Waals surface area contributed by atoms with Crippen LogP contribution in [-0.4, -0.2) is 17.3 Å². The Hall–Kier alpha value is -0.610. The van der Waals surface area contributed by atoms with Crippen LogP contribution in [0.5, 0.6) is 0 Å². The lowest BCUT2D eigenvalue weighted by Crippen LogP contribution is -2.51. The van der Waals surface area contributed by atoms with Crippen LogP contribution in [0.1, 0.15) is 42.5 Å². The van der Waals surface area contributed by atoms with Crippen LogP contribution in [-0.2, 0) is 0 Å². The van der Waals surface area contributed by atoms with Gasteiger partial charge in [-0.25, -0.2) is 4.39 Å². The van der Waals surface area contributed by atoms with Crippen molar-refractivity contribution in [1.29, 1.82) is 0 Å². The topological polar surface area (TPSA) is 29.1 Å². The molecule has 1 aliphatic rings. The molecule has 0 unspecified atom stereocenters. The zero-order valence-corrected chi connectivity index (χ0v) is 12.9. The highest BCUT2D eigenvalue weighted by atomic mass is 79.9. The number of rotatable bonds is 3. The van der Waals surface area contributed by atoms with Gasteiger partial charge in [-0.3, -0.25) is 4.79 Å². The Balaban J connectivity index is 2.15. The highest BCUT2D eigenvalue weighted by Gasteiger charge is 2.33. The molecule has 0 aromatic heterocycles. The fourth-order valence-corrected chi connectivity index (χ4v) is 3.17. The first-order chi connectivity index (χ1) is 9.06. The van der Waals surface area contributed by atoms with E-state index in [1.807, 2.05) is 0 Å². The van der Waals surface area contributed by atoms with Crippen molar-refractivity contribution < 1.29 is 9.18 Å². The monoisotopic (exact) mass is 347 g/mol. The molecule has 104 valence electrons. The molecule has 0 saturated heterocycles. The Kier molecular flexibility index (Phi) is 4.85. The lowest BCUT2D eigenvalue weighted by molar-refractivity contribution is 0.0880. The van der Waals surface area contributed by atoms with Crippen LogP contribution >= 0.6 is 27.5 Å². The first-order valence-corrected chi connectivity index (χ1v) is 7.73. The molecular formula is C14H16BrClFNO. The normalized spacial score (nSPS) is 18.1. The molecule has 0 atom stereocenters. The molecule has 0 radical (unpaired) electrons. The summed E-state index contributed by atoms with van der Waals surface area (Å²) in [6.07, 6.45) is 4.99. The van der Waals surface area contributed by atoms with Crippen molar-refractivity contribution in [3.63, 3.8) is 0 Å². The second-order valence-electron chi connectivity index (χ2n) is 5.05. The minimum Gasteiger partial charge on any atom is -0.345 e. The van der Waals surface area contributed by atoms with E-state index in [2.05, 4.69) is 21.2 Å². The average Bonchev–Trinajstić information content (AvgIpc) is 2.39. The van der Waals surface area contributed by atoms with E-state index in [0.29, 0.717) is 10.4 Å². The molecule has 1 N–H and O–H groups in total.